The molecule has 1 saturated carbocycles. The monoisotopic (exact) mass is 449 g/mol. The predicted molar refractivity (Wildman–Crippen MR) is 116 cm³/mol. The lowest BCUT2D eigenvalue weighted by Gasteiger charge is -2.32. The third-order valence-corrected chi connectivity index (χ3v) is 8.29. The molecule has 1 aromatic rings. The van der Waals surface area contributed by atoms with Crippen molar-refractivity contribution in [2.45, 2.75) is 68.7 Å². The van der Waals surface area contributed by atoms with Crippen LogP contribution in [0.5, 0.6) is 5.75 Å². The smallest absolute Gasteiger partial charge is 0.262 e. The van der Waals surface area contributed by atoms with Crippen LogP contribution >= 0.6 is 0 Å². The molecule has 170 valence electrons. The van der Waals surface area contributed by atoms with E-state index in [4.69, 9.17) is 4.74 Å². The summed E-state index contributed by atoms with van der Waals surface area (Å²) in [6.45, 7) is 0.485. The van der Waals surface area contributed by atoms with Gasteiger partial charge in [0.1, 0.15) is 5.75 Å². The molecule has 1 saturated heterocycles. The standard InChI is InChI=1S/C22H31N3O5S/c26-21-15-30-20-11-10-18(13-19(20)24-21)31(28,29)25-12-6-7-16(14-25)22(27)23-17-8-4-2-1-3-5-9-17/h10-11,13,16-17H,1-9,12,14-15H2,(H,23,27)(H,24,26)/t16-/m0/s1. The van der Waals surface area contributed by atoms with Gasteiger partial charge in [-0.3, -0.25) is 9.59 Å². The summed E-state index contributed by atoms with van der Waals surface area (Å²) in [6, 6.07) is 4.68. The fourth-order valence-corrected chi connectivity index (χ4v) is 6.22. The first-order valence-corrected chi connectivity index (χ1v) is 12.7. The number of hydrogen-bond acceptors (Lipinski definition) is 5. The molecule has 0 spiro atoms. The van der Waals surface area contributed by atoms with E-state index in [1.807, 2.05) is 0 Å². The quantitative estimate of drug-likeness (QED) is 0.735. The summed E-state index contributed by atoms with van der Waals surface area (Å²) in [4.78, 5) is 24.6. The van der Waals surface area contributed by atoms with Gasteiger partial charge < -0.3 is 15.4 Å². The van der Waals surface area contributed by atoms with Gasteiger partial charge in [0.2, 0.25) is 15.9 Å². The van der Waals surface area contributed by atoms with E-state index in [0.717, 1.165) is 25.7 Å². The minimum Gasteiger partial charge on any atom is -0.482 e. The number of benzene rings is 1. The van der Waals surface area contributed by atoms with Crippen LogP contribution < -0.4 is 15.4 Å². The third kappa shape index (κ3) is 5.20. The second-order valence-electron chi connectivity index (χ2n) is 8.75. The Bertz CT molecular complexity index is 925. The molecule has 0 radical (unpaired) electrons. The number of sulfonamides is 1. The van der Waals surface area contributed by atoms with Crippen molar-refractivity contribution in [2.24, 2.45) is 5.92 Å². The second kappa shape index (κ2) is 9.56. The molecule has 4 rings (SSSR count). The van der Waals surface area contributed by atoms with Crippen LogP contribution in [0, 0.1) is 5.92 Å². The van der Waals surface area contributed by atoms with Crippen LogP contribution in [0.15, 0.2) is 23.1 Å². The molecule has 9 heteroatoms. The predicted octanol–water partition coefficient (Wildman–Crippen LogP) is 2.65. The molecule has 31 heavy (non-hydrogen) atoms. The van der Waals surface area contributed by atoms with E-state index in [1.54, 1.807) is 6.07 Å². The summed E-state index contributed by atoms with van der Waals surface area (Å²) in [5.74, 6) is -0.231. The minimum atomic E-state index is -3.78. The maximum atomic E-state index is 13.2. The Balaban J connectivity index is 1.43. The average molecular weight is 450 g/mol. The molecule has 8 nitrogen and oxygen atoms in total. The summed E-state index contributed by atoms with van der Waals surface area (Å²) in [5.41, 5.74) is 0.355. The van der Waals surface area contributed by atoms with Crippen molar-refractivity contribution in [1.29, 1.82) is 0 Å². The largest absolute Gasteiger partial charge is 0.482 e. The zero-order valence-corrected chi connectivity index (χ0v) is 18.6. The van der Waals surface area contributed by atoms with Gasteiger partial charge in [-0.1, -0.05) is 32.1 Å². The lowest BCUT2D eigenvalue weighted by molar-refractivity contribution is -0.127. The van der Waals surface area contributed by atoms with E-state index in [-0.39, 0.29) is 41.8 Å². The number of carbonyl (C=O) groups is 2. The molecule has 2 N–H and O–H groups in total. The fourth-order valence-electron chi connectivity index (χ4n) is 4.67. The molecule has 3 aliphatic rings. The Kier molecular flexibility index (Phi) is 6.81. The summed E-state index contributed by atoms with van der Waals surface area (Å²) in [6.07, 6.45) is 9.32. The number of nitrogens with one attached hydrogen (secondary N) is 2. The van der Waals surface area contributed by atoms with Crippen molar-refractivity contribution in [3.05, 3.63) is 18.2 Å². The molecule has 1 aliphatic carbocycles. The fraction of sp³-hybridized carbons (Fsp3) is 0.636. The normalized spacial score (nSPS) is 23.6. The zero-order valence-electron chi connectivity index (χ0n) is 17.8. The van der Waals surface area contributed by atoms with Crippen LogP contribution in [0.3, 0.4) is 0 Å². The molecule has 0 aromatic heterocycles. The van der Waals surface area contributed by atoms with Gasteiger partial charge in [-0.2, -0.15) is 4.31 Å². The van der Waals surface area contributed by atoms with Gasteiger partial charge in [0.05, 0.1) is 16.5 Å². The molecule has 1 atom stereocenters. The Labute approximate surface area is 183 Å². The number of hydrogen-bond donors (Lipinski definition) is 2. The maximum absolute atomic E-state index is 13.2. The van der Waals surface area contributed by atoms with Crippen LogP contribution in [-0.2, 0) is 19.6 Å². The highest BCUT2D eigenvalue weighted by Crippen LogP contribution is 2.32. The van der Waals surface area contributed by atoms with Gasteiger partial charge in [0, 0.05) is 19.1 Å². The molecule has 2 aliphatic heterocycles. The number of amides is 2. The summed E-state index contributed by atoms with van der Waals surface area (Å²) in [7, 11) is -3.78. The van der Waals surface area contributed by atoms with Crippen LogP contribution in [0.1, 0.15) is 57.8 Å². The van der Waals surface area contributed by atoms with Crippen molar-refractivity contribution in [3.63, 3.8) is 0 Å². The van der Waals surface area contributed by atoms with Crippen LogP contribution in [0.4, 0.5) is 5.69 Å². The first-order valence-electron chi connectivity index (χ1n) is 11.3. The molecular formula is C22H31N3O5S. The van der Waals surface area contributed by atoms with Gasteiger partial charge >= 0.3 is 0 Å². The number of rotatable bonds is 4. The summed E-state index contributed by atoms with van der Waals surface area (Å²) in [5, 5.41) is 5.84. The van der Waals surface area contributed by atoms with Gasteiger partial charge in [-0.05, 0) is 43.9 Å². The third-order valence-electron chi connectivity index (χ3n) is 6.43. The first-order chi connectivity index (χ1) is 14.9. The van der Waals surface area contributed by atoms with E-state index in [9.17, 15) is 18.0 Å². The van der Waals surface area contributed by atoms with Crippen molar-refractivity contribution in [2.75, 3.05) is 25.0 Å². The molecule has 1 aromatic carbocycles. The van der Waals surface area contributed by atoms with E-state index in [1.165, 1.54) is 35.7 Å². The van der Waals surface area contributed by atoms with E-state index < -0.39 is 10.0 Å². The van der Waals surface area contributed by atoms with Crippen molar-refractivity contribution in [3.8, 4) is 5.75 Å². The Morgan fingerprint density at radius 1 is 1.06 bits per heavy atom. The highest BCUT2D eigenvalue weighted by molar-refractivity contribution is 7.89. The maximum Gasteiger partial charge on any atom is 0.262 e. The average Bonchev–Trinajstić information content (AvgIpc) is 2.75. The Morgan fingerprint density at radius 2 is 1.81 bits per heavy atom. The topological polar surface area (TPSA) is 105 Å². The van der Waals surface area contributed by atoms with Gasteiger partial charge in [0.15, 0.2) is 6.61 Å². The van der Waals surface area contributed by atoms with Gasteiger partial charge in [-0.15, -0.1) is 0 Å². The van der Waals surface area contributed by atoms with Gasteiger partial charge in [-0.25, -0.2) is 8.42 Å². The van der Waals surface area contributed by atoms with Crippen molar-refractivity contribution < 1.29 is 22.7 Å². The van der Waals surface area contributed by atoms with E-state index >= 15 is 0 Å². The summed E-state index contributed by atoms with van der Waals surface area (Å²) < 4.78 is 33.2. The highest BCUT2D eigenvalue weighted by atomic mass is 32.2. The molecule has 2 fully saturated rings. The van der Waals surface area contributed by atoms with Crippen LogP contribution in [-0.4, -0.2) is 50.3 Å². The molecule has 2 heterocycles. The van der Waals surface area contributed by atoms with Crippen LogP contribution in [0.2, 0.25) is 0 Å². The molecule has 0 bridgehead atoms. The first kappa shape index (κ1) is 22.1. The minimum absolute atomic E-state index is 0.0309. The molecule has 0 unspecified atom stereocenters. The van der Waals surface area contributed by atoms with E-state index in [2.05, 4.69) is 10.6 Å². The number of ether oxygens (including phenoxy) is 1. The van der Waals surface area contributed by atoms with Crippen molar-refractivity contribution in [1.82, 2.24) is 9.62 Å². The lowest BCUT2D eigenvalue weighted by Crippen LogP contribution is -2.47. The highest BCUT2D eigenvalue weighted by Gasteiger charge is 2.34. The van der Waals surface area contributed by atoms with E-state index in [0.29, 0.717) is 30.8 Å². The molecular weight excluding hydrogens is 418 g/mol. The lowest BCUT2D eigenvalue weighted by atomic mass is 9.94. The number of nitrogens with zero attached hydrogens (tertiary/aromatic N) is 1. The molecule has 2 amide bonds. The van der Waals surface area contributed by atoms with Crippen molar-refractivity contribution >= 4 is 27.5 Å². The zero-order chi connectivity index (χ0) is 21.8. The Morgan fingerprint density at radius 3 is 2.58 bits per heavy atom. The van der Waals surface area contributed by atoms with Gasteiger partial charge in [0.25, 0.3) is 5.91 Å². The summed E-state index contributed by atoms with van der Waals surface area (Å²) >= 11 is 0. The number of fused-ring (bicyclic) bond motifs is 1. The number of carbonyl (C=O) groups excluding carboxylic acids is 2. The second-order valence-corrected chi connectivity index (χ2v) is 10.7. The van der Waals surface area contributed by atoms with Crippen LogP contribution in [0.25, 0.3) is 0 Å². The SMILES string of the molecule is O=C1COc2ccc(S(=O)(=O)N3CCC[C@H](C(=O)NC4CCCCCCC4)C3)cc2N1. The number of anilines is 1. The Hall–Kier alpha value is -2.13. The number of piperidine rings is 1.